The van der Waals surface area contributed by atoms with Crippen molar-refractivity contribution in [2.45, 2.75) is 0 Å². The fourth-order valence-electron chi connectivity index (χ4n) is 6.77. The van der Waals surface area contributed by atoms with Crippen molar-refractivity contribution in [1.29, 1.82) is 0 Å². The lowest BCUT2D eigenvalue weighted by atomic mass is 9.89. The minimum absolute atomic E-state index is 0.637. The fourth-order valence-corrected chi connectivity index (χ4v) is 7.36. The molecular formula is C43H27IN2O. The van der Waals surface area contributed by atoms with Crippen molar-refractivity contribution >= 4 is 55.5 Å². The molecule has 0 bridgehead atoms. The summed E-state index contributed by atoms with van der Waals surface area (Å²) in [5.74, 6) is 0.637. The van der Waals surface area contributed by atoms with Crippen LogP contribution in [0.25, 0.3) is 83.4 Å². The van der Waals surface area contributed by atoms with E-state index in [0.29, 0.717) is 5.89 Å². The van der Waals surface area contributed by atoms with Gasteiger partial charge in [0.2, 0.25) is 5.89 Å². The SMILES string of the molecule is Ic1cccc2nc(-c3ccc(-c4ccccc4-c4ccccc4-c4ccc5c(c4)c4ccccc4n5-c4ccccc4)cc3)oc12. The lowest BCUT2D eigenvalue weighted by Gasteiger charge is -2.15. The first kappa shape index (κ1) is 27.8. The maximum Gasteiger partial charge on any atom is 0.227 e. The van der Waals surface area contributed by atoms with Crippen molar-refractivity contribution in [2.75, 3.05) is 0 Å². The van der Waals surface area contributed by atoms with Crippen molar-refractivity contribution < 1.29 is 4.42 Å². The Hall–Kier alpha value is -5.46. The predicted octanol–water partition coefficient (Wildman–Crippen LogP) is 12.2. The number of benzene rings is 7. The lowest BCUT2D eigenvalue weighted by molar-refractivity contribution is 0.618. The molecule has 0 spiro atoms. The van der Waals surface area contributed by atoms with Crippen LogP contribution in [0, 0.1) is 3.57 Å². The number of hydrogen-bond donors (Lipinski definition) is 0. The Morgan fingerprint density at radius 3 is 1.81 bits per heavy atom. The highest BCUT2D eigenvalue weighted by Gasteiger charge is 2.17. The highest BCUT2D eigenvalue weighted by molar-refractivity contribution is 14.1. The first-order valence-electron chi connectivity index (χ1n) is 15.7. The van der Waals surface area contributed by atoms with Gasteiger partial charge in [-0.2, -0.15) is 0 Å². The van der Waals surface area contributed by atoms with Crippen molar-refractivity contribution in [3.63, 3.8) is 0 Å². The molecule has 0 radical (unpaired) electrons. The molecule has 0 aliphatic heterocycles. The number of hydrogen-bond acceptors (Lipinski definition) is 2. The molecule has 0 saturated carbocycles. The van der Waals surface area contributed by atoms with E-state index in [1.807, 2.05) is 18.2 Å². The smallest absolute Gasteiger partial charge is 0.227 e. The van der Waals surface area contributed by atoms with Crippen molar-refractivity contribution in [3.8, 4) is 50.5 Å². The molecule has 0 unspecified atom stereocenters. The molecule has 2 heterocycles. The Balaban J connectivity index is 1.14. The lowest BCUT2D eigenvalue weighted by Crippen LogP contribution is -1.93. The second kappa shape index (κ2) is 11.4. The molecule has 0 atom stereocenters. The topological polar surface area (TPSA) is 31.0 Å². The van der Waals surface area contributed by atoms with Crippen LogP contribution in [0.4, 0.5) is 0 Å². The van der Waals surface area contributed by atoms with E-state index >= 15 is 0 Å². The zero-order valence-electron chi connectivity index (χ0n) is 25.3. The highest BCUT2D eigenvalue weighted by atomic mass is 127. The molecule has 3 nitrogen and oxygen atoms in total. The summed E-state index contributed by atoms with van der Waals surface area (Å²) in [6.07, 6.45) is 0. The summed E-state index contributed by atoms with van der Waals surface area (Å²) in [4.78, 5) is 4.74. The first-order chi connectivity index (χ1) is 23.2. The number of halogens is 1. The van der Waals surface area contributed by atoms with Gasteiger partial charge in [0.15, 0.2) is 5.58 Å². The van der Waals surface area contributed by atoms with E-state index in [1.54, 1.807) is 0 Å². The summed E-state index contributed by atoms with van der Waals surface area (Å²) in [5.41, 5.74) is 13.4. The molecule has 47 heavy (non-hydrogen) atoms. The fraction of sp³-hybridized carbons (Fsp3) is 0. The molecule has 0 N–H and O–H groups in total. The largest absolute Gasteiger partial charge is 0.435 e. The van der Waals surface area contributed by atoms with Gasteiger partial charge in [-0.3, -0.25) is 0 Å². The Morgan fingerprint density at radius 2 is 1.06 bits per heavy atom. The van der Waals surface area contributed by atoms with E-state index in [1.165, 1.54) is 49.6 Å². The number of fused-ring (bicyclic) bond motifs is 4. The first-order valence-corrected chi connectivity index (χ1v) is 16.7. The van der Waals surface area contributed by atoms with E-state index in [4.69, 9.17) is 9.40 Å². The monoisotopic (exact) mass is 714 g/mol. The Labute approximate surface area is 285 Å². The molecule has 0 amide bonds. The molecular weight excluding hydrogens is 687 g/mol. The molecule has 0 aliphatic carbocycles. The summed E-state index contributed by atoms with van der Waals surface area (Å²) in [7, 11) is 0. The van der Waals surface area contributed by atoms with Gasteiger partial charge in [-0.1, -0.05) is 109 Å². The summed E-state index contributed by atoms with van der Waals surface area (Å²) >= 11 is 2.30. The van der Waals surface area contributed by atoms with Gasteiger partial charge in [0.05, 0.1) is 14.6 Å². The van der Waals surface area contributed by atoms with Crippen molar-refractivity contribution in [2.24, 2.45) is 0 Å². The van der Waals surface area contributed by atoms with Crippen LogP contribution in [0.5, 0.6) is 0 Å². The van der Waals surface area contributed by atoms with Crippen LogP contribution in [0.15, 0.2) is 168 Å². The van der Waals surface area contributed by atoms with Crippen molar-refractivity contribution in [3.05, 3.63) is 167 Å². The molecule has 9 rings (SSSR count). The van der Waals surface area contributed by atoms with Crippen LogP contribution < -0.4 is 0 Å². The van der Waals surface area contributed by atoms with Crippen molar-refractivity contribution in [1.82, 2.24) is 9.55 Å². The molecule has 2 aromatic heterocycles. The normalized spacial score (nSPS) is 11.5. The summed E-state index contributed by atoms with van der Waals surface area (Å²) in [6, 6.07) is 58.2. The van der Waals surface area contributed by atoms with Crippen LogP contribution in [-0.4, -0.2) is 9.55 Å². The Morgan fingerprint density at radius 1 is 0.468 bits per heavy atom. The molecule has 9 aromatic rings. The average Bonchev–Trinajstić information content (AvgIpc) is 3.73. The molecule has 4 heteroatoms. The second-order valence-electron chi connectivity index (χ2n) is 11.7. The van der Waals surface area contributed by atoms with E-state index in [9.17, 15) is 0 Å². The third kappa shape index (κ3) is 4.75. The van der Waals surface area contributed by atoms with Gasteiger partial charge in [0.25, 0.3) is 0 Å². The van der Waals surface area contributed by atoms with Gasteiger partial charge in [-0.05, 0) is 111 Å². The number of nitrogens with zero attached hydrogens (tertiary/aromatic N) is 2. The third-order valence-corrected chi connectivity index (χ3v) is 9.80. The van der Waals surface area contributed by atoms with Gasteiger partial charge in [-0.25, -0.2) is 4.98 Å². The number of oxazole rings is 1. The summed E-state index contributed by atoms with van der Waals surface area (Å²) < 4.78 is 9.57. The predicted molar refractivity (Wildman–Crippen MR) is 203 cm³/mol. The zero-order chi connectivity index (χ0) is 31.3. The van der Waals surface area contributed by atoms with E-state index < -0.39 is 0 Å². The zero-order valence-corrected chi connectivity index (χ0v) is 27.4. The minimum Gasteiger partial charge on any atom is -0.435 e. The van der Waals surface area contributed by atoms with Crippen LogP contribution in [0.2, 0.25) is 0 Å². The van der Waals surface area contributed by atoms with Gasteiger partial charge in [0.1, 0.15) is 5.52 Å². The van der Waals surface area contributed by atoms with Crippen LogP contribution >= 0.6 is 22.6 Å². The maximum atomic E-state index is 6.15. The van der Waals surface area contributed by atoms with Crippen LogP contribution in [0.3, 0.4) is 0 Å². The molecule has 7 aromatic carbocycles. The molecule has 222 valence electrons. The number of rotatable bonds is 5. The molecule has 0 aliphatic rings. The van der Waals surface area contributed by atoms with Gasteiger partial charge in [-0.15, -0.1) is 0 Å². The molecule has 0 fully saturated rings. The number of aromatic nitrogens is 2. The average molecular weight is 715 g/mol. The summed E-state index contributed by atoms with van der Waals surface area (Å²) in [6.45, 7) is 0. The molecule has 0 saturated heterocycles. The van der Waals surface area contributed by atoms with E-state index in [2.05, 4.69) is 173 Å². The highest BCUT2D eigenvalue weighted by Crippen LogP contribution is 2.41. The van der Waals surface area contributed by atoms with E-state index in [0.717, 1.165) is 31.5 Å². The Kier molecular flexibility index (Phi) is 6.75. The quantitative estimate of drug-likeness (QED) is 0.166. The maximum absolute atomic E-state index is 6.15. The Bertz CT molecular complexity index is 2580. The minimum atomic E-state index is 0.637. The van der Waals surface area contributed by atoms with Gasteiger partial charge < -0.3 is 8.98 Å². The third-order valence-electron chi connectivity index (χ3n) is 8.95. The number of para-hydroxylation sites is 3. The summed E-state index contributed by atoms with van der Waals surface area (Å²) in [5, 5.41) is 2.49. The second-order valence-corrected chi connectivity index (χ2v) is 12.9. The van der Waals surface area contributed by atoms with Gasteiger partial charge in [0, 0.05) is 22.0 Å². The van der Waals surface area contributed by atoms with E-state index in [-0.39, 0.29) is 0 Å². The van der Waals surface area contributed by atoms with Gasteiger partial charge >= 0.3 is 0 Å². The standard InChI is InChI=1S/C43H27IN2O/c44-38-18-10-19-39-42(38)47-43(45-39)29-23-21-28(22-24-29)32-13-4-6-15-34(32)35-16-7-5-14-33(35)30-25-26-41-37(27-30)36-17-8-9-20-40(36)46(41)31-11-2-1-3-12-31/h1-27H. The van der Waals surface area contributed by atoms with Crippen LogP contribution in [0.1, 0.15) is 0 Å². The van der Waals surface area contributed by atoms with Crippen LogP contribution in [-0.2, 0) is 0 Å².